The Morgan fingerprint density at radius 2 is 2.00 bits per heavy atom. The first-order valence-electron chi connectivity index (χ1n) is 5.43. The molecule has 0 fully saturated rings. The number of hydrogen-bond donors (Lipinski definition) is 2. The topological polar surface area (TPSA) is 83.6 Å². The van der Waals surface area contributed by atoms with Gasteiger partial charge in [0.15, 0.2) is 0 Å². The normalized spacial score (nSPS) is 11.4. The lowest BCUT2D eigenvalue weighted by Crippen LogP contribution is -2.46. The third-order valence-corrected chi connectivity index (χ3v) is 2.60. The highest BCUT2D eigenvalue weighted by molar-refractivity contribution is 6.30. The second kappa shape index (κ2) is 6.78. The van der Waals surface area contributed by atoms with E-state index in [9.17, 15) is 9.59 Å². The molecule has 1 aromatic carbocycles. The van der Waals surface area contributed by atoms with Gasteiger partial charge < -0.3 is 10.8 Å². The van der Waals surface area contributed by atoms with Gasteiger partial charge in [0.2, 0.25) is 5.91 Å². The van der Waals surface area contributed by atoms with Crippen LogP contribution in [-0.2, 0) is 9.59 Å². The van der Waals surface area contributed by atoms with Crippen LogP contribution in [0.4, 0.5) is 5.69 Å². The summed E-state index contributed by atoms with van der Waals surface area (Å²) in [5.41, 5.74) is 6.03. The lowest BCUT2D eigenvalue weighted by atomic mass is 10.2. The van der Waals surface area contributed by atoms with E-state index in [0.717, 1.165) is 4.90 Å². The smallest absolute Gasteiger partial charge is 0.323 e. The molecule has 0 aliphatic heterocycles. The molecule has 0 saturated carbocycles. The summed E-state index contributed by atoms with van der Waals surface area (Å²) in [4.78, 5) is 24.0. The van der Waals surface area contributed by atoms with Crippen LogP contribution >= 0.6 is 11.6 Å². The molecule has 0 aliphatic rings. The zero-order valence-corrected chi connectivity index (χ0v) is 10.8. The van der Waals surface area contributed by atoms with E-state index in [2.05, 4.69) is 5.92 Å². The van der Waals surface area contributed by atoms with Gasteiger partial charge in [-0.2, -0.15) is 0 Å². The second-order valence-corrected chi connectivity index (χ2v) is 4.25. The number of nitrogens with zero attached hydrogens (tertiary/aromatic N) is 1. The molecule has 0 bridgehead atoms. The van der Waals surface area contributed by atoms with Crippen molar-refractivity contribution < 1.29 is 14.7 Å². The van der Waals surface area contributed by atoms with E-state index in [1.807, 2.05) is 0 Å². The molecule has 1 rings (SSSR count). The zero-order chi connectivity index (χ0) is 14.4. The number of rotatable bonds is 5. The first-order valence-corrected chi connectivity index (χ1v) is 5.81. The van der Waals surface area contributed by atoms with E-state index in [1.54, 1.807) is 24.3 Å². The van der Waals surface area contributed by atoms with Gasteiger partial charge in [0.25, 0.3) is 0 Å². The number of anilines is 1. The average Bonchev–Trinajstić information content (AvgIpc) is 2.36. The SMILES string of the molecule is C#CCC(N)C(=O)N(CC(=O)O)c1ccc(Cl)cc1. The van der Waals surface area contributed by atoms with Crippen LogP contribution in [0.5, 0.6) is 0 Å². The summed E-state index contributed by atoms with van der Waals surface area (Å²) in [6.07, 6.45) is 5.14. The summed E-state index contributed by atoms with van der Waals surface area (Å²) in [7, 11) is 0. The van der Waals surface area contributed by atoms with Gasteiger partial charge in [-0.15, -0.1) is 12.3 Å². The first kappa shape index (κ1) is 15.0. The van der Waals surface area contributed by atoms with Crippen molar-refractivity contribution in [1.29, 1.82) is 0 Å². The Labute approximate surface area is 116 Å². The van der Waals surface area contributed by atoms with Crippen LogP contribution in [0.25, 0.3) is 0 Å². The average molecular weight is 281 g/mol. The Kier molecular flexibility index (Phi) is 5.37. The maximum absolute atomic E-state index is 12.1. The molecule has 3 N–H and O–H groups in total. The minimum Gasteiger partial charge on any atom is -0.480 e. The standard InChI is InChI=1S/C13H13ClN2O3/c1-2-3-11(15)13(19)16(8-12(17)18)10-6-4-9(14)5-7-10/h1,4-7,11H,3,8,15H2,(H,17,18). The van der Waals surface area contributed by atoms with Crippen molar-refractivity contribution in [3.63, 3.8) is 0 Å². The van der Waals surface area contributed by atoms with Gasteiger partial charge in [-0.3, -0.25) is 14.5 Å². The molecule has 0 aromatic heterocycles. The summed E-state index contributed by atoms with van der Waals surface area (Å²) in [5.74, 6) is 0.595. The molecule has 0 radical (unpaired) electrons. The number of amides is 1. The number of halogens is 1. The molecular formula is C13H13ClN2O3. The third kappa shape index (κ3) is 4.28. The number of carboxylic acid groups (broad SMARTS) is 1. The van der Waals surface area contributed by atoms with Crippen LogP contribution in [0.1, 0.15) is 6.42 Å². The quantitative estimate of drug-likeness (QED) is 0.792. The van der Waals surface area contributed by atoms with Crippen LogP contribution in [0.3, 0.4) is 0 Å². The molecule has 1 atom stereocenters. The van der Waals surface area contributed by atoms with Gasteiger partial charge in [0.1, 0.15) is 6.54 Å². The van der Waals surface area contributed by atoms with E-state index < -0.39 is 24.5 Å². The van der Waals surface area contributed by atoms with E-state index in [0.29, 0.717) is 10.7 Å². The van der Waals surface area contributed by atoms with Gasteiger partial charge in [-0.05, 0) is 24.3 Å². The molecule has 5 nitrogen and oxygen atoms in total. The molecule has 0 spiro atoms. The van der Waals surface area contributed by atoms with Crippen molar-refractivity contribution in [3.8, 4) is 12.3 Å². The van der Waals surface area contributed by atoms with Gasteiger partial charge in [-0.1, -0.05) is 11.6 Å². The largest absolute Gasteiger partial charge is 0.480 e. The molecule has 0 saturated heterocycles. The number of carbonyl (C=O) groups excluding carboxylic acids is 1. The zero-order valence-electron chi connectivity index (χ0n) is 10.0. The number of hydrogen-bond acceptors (Lipinski definition) is 3. The molecular weight excluding hydrogens is 268 g/mol. The summed E-state index contributed by atoms with van der Waals surface area (Å²) < 4.78 is 0. The van der Waals surface area contributed by atoms with Crippen LogP contribution in [0.15, 0.2) is 24.3 Å². The van der Waals surface area contributed by atoms with Crippen molar-refractivity contribution in [3.05, 3.63) is 29.3 Å². The van der Waals surface area contributed by atoms with E-state index in [1.165, 1.54) is 0 Å². The fraction of sp³-hybridized carbons (Fsp3) is 0.231. The van der Waals surface area contributed by atoms with Gasteiger partial charge in [-0.25, -0.2) is 0 Å². The van der Waals surface area contributed by atoms with Gasteiger partial charge >= 0.3 is 5.97 Å². The van der Waals surface area contributed by atoms with E-state index in [-0.39, 0.29) is 6.42 Å². The minimum absolute atomic E-state index is 0.0442. The minimum atomic E-state index is -1.14. The molecule has 6 heteroatoms. The van der Waals surface area contributed by atoms with Crippen molar-refractivity contribution in [2.75, 3.05) is 11.4 Å². The summed E-state index contributed by atoms with van der Waals surface area (Å²) in [5, 5.41) is 9.34. The fourth-order valence-corrected chi connectivity index (χ4v) is 1.59. The van der Waals surface area contributed by atoms with Crippen LogP contribution in [0, 0.1) is 12.3 Å². The number of nitrogens with two attached hydrogens (primary N) is 1. The maximum Gasteiger partial charge on any atom is 0.323 e. The summed E-state index contributed by atoms with van der Waals surface area (Å²) in [6, 6.07) is 5.29. The molecule has 0 heterocycles. The highest BCUT2D eigenvalue weighted by Crippen LogP contribution is 2.18. The number of aliphatic carboxylic acids is 1. The lowest BCUT2D eigenvalue weighted by molar-refractivity contribution is -0.136. The molecule has 1 unspecified atom stereocenters. The fourth-order valence-electron chi connectivity index (χ4n) is 1.47. The third-order valence-electron chi connectivity index (χ3n) is 2.35. The first-order chi connectivity index (χ1) is 8.95. The molecule has 1 amide bonds. The summed E-state index contributed by atoms with van der Waals surface area (Å²) >= 11 is 5.74. The Balaban J connectivity index is 3.01. The Bertz CT molecular complexity index is 508. The molecule has 100 valence electrons. The van der Waals surface area contributed by atoms with Crippen molar-refractivity contribution in [2.24, 2.45) is 5.73 Å². The lowest BCUT2D eigenvalue weighted by Gasteiger charge is -2.23. The van der Waals surface area contributed by atoms with Gasteiger partial charge in [0, 0.05) is 17.1 Å². The molecule has 19 heavy (non-hydrogen) atoms. The second-order valence-electron chi connectivity index (χ2n) is 3.81. The van der Waals surface area contributed by atoms with E-state index in [4.69, 9.17) is 28.9 Å². The summed E-state index contributed by atoms with van der Waals surface area (Å²) in [6.45, 7) is -0.487. The monoisotopic (exact) mass is 280 g/mol. The van der Waals surface area contributed by atoms with Crippen molar-refractivity contribution in [2.45, 2.75) is 12.5 Å². The Hall–Kier alpha value is -2.03. The predicted octanol–water partition coefficient (Wildman–Crippen LogP) is 1.11. The van der Waals surface area contributed by atoms with Crippen molar-refractivity contribution >= 4 is 29.2 Å². The van der Waals surface area contributed by atoms with Crippen LogP contribution in [0.2, 0.25) is 5.02 Å². The highest BCUT2D eigenvalue weighted by Gasteiger charge is 2.23. The Morgan fingerprint density at radius 1 is 1.42 bits per heavy atom. The van der Waals surface area contributed by atoms with Gasteiger partial charge in [0.05, 0.1) is 6.04 Å². The Morgan fingerprint density at radius 3 is 2.47 bits per heavy atom. The number of carboxylic acids is 1. The highest BCUT2D eigenvalue weighted by atomic mass is 35.5. The van der Waals surface area contributed by atoms with E-state index >= 15 is 0 Å². The molecule has 0 aliphatic carbocycles. The number of benzene rings is 1. The van der Waals surface area contributed by atoms with Crippen LogP contribution in [-0.4, -0.2) is 29.6 Å². The molecule has 1 aromatic rings. The maximum atomic E-state index is 12.1. The number of terminal acetylenes is 1. The van der Waals surface area contributed by atoms with Crippen LogP contribution < -0.4 is 10.6 Å². The van der Waals surface area contributed by atoms with Crippen molar-refractivity contribution in [1.82, 2.24) is 0 Å². The predicted molar refractivity (Wildman–Crippen MR) is 72.9 cm³/mol. The number of carbonyl (C=O) groups is 2.